The zero-order valence-corrected chi connectivity index (χ0v) is 16.4. The van der Waals surface area contributed by atoms with Crippen LogP contribution in [0.5, 0.6) is 0 Å². The van der Waals surface area contributed by atoms with Crippen molar-refractivity contribution in [2.24, 2.45) is 0 Å². The van der Waals surface area contributed by atoms with Crippen LogP contribution in [0.3, 0.4) is 0 Å². The van der Waals surface area contributed by atoms with Gasteiger partial charge in [0.2, 0.25) is 0 Å². The molecule has 28 heavy (non-hydrogen) atoms. The maximum Gasteiger partial charge on any atom is 0.141 e. The molecular formula is C22H22N5S+. The average Bonchev–Trinajstić information content (AvgIpc) is 3.20. The summed E-state index contributed by atoms with van der Waals surface area (Å²) in [5, 5.41) is 1.17. The number of quaternary nitrogens is 1. The van der Waals surface area contributed by atoms with Crippen molar-refractivity contribution in [2.75, 3.05) is 31.1 Å². The second-order valence-electron chi connectivity index (χ2n) is 7.16. The van der Waals surface area contributed by atoms with Crippen LogP contribution < -0.4 is 9.80 Å². The summed E-state index contributed by atoms with van der Waals surface area (Å²) in [4.78, 5) is 19.6. The summed E-state index contributed by atoms with van der Waals surface area (Å²) in [5.41, 5.74) is 2.59. The molecule has 0 unspecified atom stereocenters. The molecule has 4 heterocycles. The molecule has 1 aliphatic heterocycles. The third kappa shape index (κ3) is 3.48. The van der Waals surface area contributed by atoms with Gasteiger partial charge in [0, 0.05) is 22.8 Å². The lowest BCUT2D eigenvalue weighted by atomic mass is 10.2. The molecule has 5 nitrogen and oxygen atoms in total. The fourth-order valence-electron chi connectivity index (χ4n) is 3.84. The molecule has 0 saturated carbocycles. The highest BCUT2D eigenvalue weighted by molar-refractivity contribution is 7.21. The molecule has 1 saturated heterocycles. The first-order valence-corrected chi connectivity index (χ1v) is 10.5. The molecule has 0 radical (unpaired) electrons. The molecule has 4 aromatic rings. The fourth-order valence-corrected chi connectivity index (χ4v) is 4.84. The van der Waals surface area contributed by atoms with E-state index in [-0.39, 0.29) is 0 Å². The summed E-state index contributed by atoms with van der Waals surface area (Å²) in [6.07, 6.45) is 5.46. The van der Waals surface area contributed by atoms with Gasteiger partial charge in [-0.1, -0.05) is 30.3 Å². The van der Waals surface area contributed by atoms with Crippen molar-refractivity contribution < 1.29 is 4.90 Å². The lowest BCUT2D eigenvalue weighted by molar-refractivity contribution is -0.914. The number of rotatable bonds is 4. The van der Waals surface area contributed by atoms with Crippen molar-refractivity contribution in [2.45, 2.75) is 6.54 Å². The molecule has 140 valence electrons. The standard InChI is InChI=1S/C22H21N5S/c1-2-4-18(5-3-1)20-14-19-21(24-16-25-22(19)28-20)27-12-10-26(11-13-27)15-17-6-8-23-9-7-17/h1-9,14,16H,10-13,15H2/p+1. The number of hydrogen-bond donors (Lipinski definition) is 1. The Hall–Kier alpha value is -2.83. The Morgan fingerprint density at radius 1 is 0.964 bits per heavy atom. The van der Waals surface area contributed by atoms with Crippen LogP contribution in [0.2, 0.25) is 0 Å². The number of thiophene rings is 1. The van der Waals surface area contributed by atoms with Crippen LogP contribution in [0.25, 0.3) is 20.7 Å². The molecule has 0 aliphatic carbocycles. The zero-order valence-electron chi connectivity index (χ0n) is 15.6. The molecule has 6 heteroatoms. The van der Waals surface area contributed by atoms with Crippen LogP contribution in [0.1, 0.15) is 5.56 Å². The van der Waals surface area contributed by atoms with Gasteiger partial charge in [0.05, 0.1) is 31.6 Å². The third-order valence-corrected chi connectivity index (χ3v) is 6.43. The van der Waals surface area contributed by atoms with Crippen LogP contribution in [-0.4, -0.2) is 41.1 Å². The van der Waals surface area contributed by atoms with Gasteiger partial charge in [0.25, 0.3) is 0 Å². The molecule has 3 aromatic heterocycles. The molecule has 0 bridgehead atoms. The molecule has 0 spiro atoms. The largest absolute Gasteiger partial charge is 0.345 e. The summed E-state index contributed by atoms with van der Waals surface area (Å²) < 4.78 is 0. The number of anilines is 1. The lowest BCUT2D eigenvalue weighted by Crippen LogP contribution is -3.13. The number of hydrogen-bond acceptors (Lipinski definition) is 5. The van der Waals surface area contributed by atoms with Gasteiger partial charge < -0.3 is 9.80 Å². The molecule has 0 atom stereocenters. The van der Waals surface area contributed by atoms with Crippen molar-refractivity contribution in [3.63, 3.8) is 0 Å². The summed E-state index contributed by atoms with van der Waals surface area (Å²) >= 11 is 1.74. The molecule has 5 rings (SSSR count). The molecule has 1 N–H and O–H groups in total. The summed E-state index contributed by atoms with van der Waals surface area (Å²) in [7, 11) is 0. The van der Waals surface area contributed by atoms with Gasteiger partial charge in [-0.05, 0) is 23.8 Å². The summed E-state index contributed by atoms with van der Waals surface area (Å²) in [6.45, 7) is 5.32. The number of pyridine rings is 1. The smallest absolute Gasteiger partial charge is 0.141 e. The van der Waals surface area contributed by atoms with Gasteiger partial charge in [-0.25, -0.2) is 9.97 Å². The number of aromatic nitrogens is 3. The third-order valence-electron chi connectivity index (χ3n) is 5.34. The van der Waals surface area contributed by atoms with Crippen LogP contribution in [-0.2, 0) is 6.54 Å². The van der Waals surface area contributed by atoms with Crippen molar-refractivity contribution in [3.8, 4) is 10.4 Å². The van der Waals surface area contributed by atoms with E-state index < -0.39 is 0 Å². The first kappa shape index (κ1) is 17.3. The zero-order chi connectivity index (χ0) is 18.8. The predicted molar refractivity (Wildman–Crippen MR) is 114 cm³/mol. The highest BCUT2D eigenvalue weighted by atomic mass is 32.1. The number of benzene rings is 1. The minimum Gasteiger partial charge on any atom is -0.345 e. The monoisotopic (exact) mass is 388 g/mol. The second-order valence-corrected chi connectivity index (χ2v) is 8.19. The van der Waals surface area contributed by atoms with Crippen molar-refractivity contribution in [1.82, 2.24) is 15.0 Å². The second kappa shape index (κ2) is 7.66. The minimum absolute atomic E-state index is 1.02. The van der Waals surface area contributed by atoms with Gasteiger partial charge in [0.15, 0.2) is 0 Å². The Labute approximate surface area is 168 Å². The Morgan fingerprint density at radius 2 is 1.75 bits per heavy atom. The van der Waals surface area contributed by atoms with E-state index >= 15 is 0 Å². The highest BCUT2D eigenvalue weighted by Crippen LogP contribution is 2.35. The van der Waals surface area contributed by atoms with Crippen LogP contribution in [0, 0.1) is 0 Å². The Bertz CT molecular complexity index is 1060. The van der Waals surface area contributed by atoms with E-state index in [0.717, 1.165) is 43.4 Å². The molecule has 1 aromatic carbocycles. The van der Waals surface area contributed by atoms with Crippen LogP contribution >= 0.6 is 11.3 Å². The quantitative estimate of drug-likeness (QED) is 0.584. The molecule has 0 amide bonds. The normalized spacial score (nSPS) is 15.2. The van der Waals surface area contributed by atoms with Crippen molar-refractivity contribution in [3.05, 3.63) is 72.8 Å². The first-order valence-electron chi connectivity index (χ1n) is 9.64. The van der Waals surface area contributed by atoms with Gasteiger partial charge >= 0.3 is 0 Å². The maximum atomic E-state index is 4.65. The van der Waals surface area contributed by atoms with Gasteiger partial charge in [-0.3, -0.25) is 4.98 Å². The van der Waals surface area contributed by atoms with Gasteiger partial charge in [0.1, 0.15) is 23.5 Å². The Morgan fingerprint density at radius 3 is 2.54 bits per heavy atom. The molecule has 1 aliphatic rings. The van der Waals surface area contributed by atoms with E-state index in [9.17, 15) is 0 Å². The lowest BCUT2D eigenvalue weighted by Gasteiger charge is -2.33. The highest BCUT2D eigenvalue weighted by Gasteiger charge is 2.23. The maximum absolute atomic E-state index is 4.65. The molecule has 1 fully saturated rings. The summed E-state index contributed by atoms with van der Waals surface area (Å²) in [5.74, 6) is 1.08. The first-order chi connectivity index (χ1) is 13.9. The number of nitrogens with zero attached hydrogens (tertiary/aromatic N) is 4. The minimum atomic E-state index is 1.02. The van der Waals surface area contributed by atoms with Gasteiger partial charge in [-0.15, -0.1) is 11.3 Å². The average molecular weight is 389 g/mol. The topological polar surface area (TPSA) is 46.4 Å². The van der Waals surface area contributed by atoms with E-state index in [0.29, 0.717) is 0 Å². The molecular weight excluding hydrogens is 366 g/mol. The number of piperazine rings is 1. The summed E-state index contributed by atoms with van der Waals surface area (Å²) in [6, 6.07) is 17.0. The van der Waals surface area contributed by atoms with Crippen LogP contribution in [0.4, 0.5) is 5.82 Å². The predicted octanol–water partition coefficient (Wildman–Crippen LogP) is 2.66. The van der Waals surface area contributed by atoms with Crippen molar-refractivity contribution >= 4 is 27.4 Å². The number of nitrogens with one attached hydrogen (secondary N) is 1. The van der Waals surface area contributed by atoms with Crippen molar-refractivity contribution in [1.29, 1.82) is 0 Å². The van der Waals surface area contributed by atoms with E-state index in [2.05, 4.69) is 68.4 Å². The SMILES string of the molecule is c1ccc(-c2cc3c(N4CC[NH+](Cc5ccncc5)CC4)ncnc3s2)cc1. The van der Waals surface area contributed by atoms with E-state index in [1.54, 1.807) is 22.6 Å². The van der Waals surface area contributed by atoms with E-state index in [1.807, 2.05) is 12.4 Å². The van der Waals surface area contributed by atoms with E-state index in [1.165, 1.54) is 21.4 Å². The number of fused-ring (bicyclic) bond motifs is 1. The Balaban J connectivity index is 1.35. The van der Waals surface area contributed by atoms with E-state index in [4.69, 9.17) is 0 Å². The van der Waals surface area contributed by atoms with Gasteiger partial charge in [-0.2, -0.15) is 0 Å². The van der Waals surface area contributed by atoms with Crippen LogP contribution in [0.15, 0.2) is 67.3 Å². The fraction of sp³-hybridized carbons (Fsp3) is 0.227. The Kier molecular flexibility index (Phi) is 4.72.